The fraction of sp³-hybridized carbons (Fsp3) is 0.167. The number of imidazole rings is 1. The number of alkyl halides is 1. The zero-order chi connectivity index (χ0) is 17.8. The van der Waals surface area contributed by atoms with Gasteiger partial charge in [-0.15, -0.1) is 11.8 Å². The molecule has 130 valence electrons. The summed E-state index contributed by atoms with van der Waals surface area (Å²) in [5.41, 5.74) is 1.55. The molecule has 0 radical (unpaired) electrons. The van der Waals surface area contributed by atoms with Crippen LogP contribution in [0.25, 0.3) is 0 Å². The van der Waals surface area contributed by atoms with E-state index in [9.17, 15) is 4.39 Å². The fourth-order valence-corrected chi connectivity index (χ4v) is 4.19. The SMILES string of the molecule is Fc1ccc(C(SCc2ccc(Cl)cc2Cl)C(F)n2ccnc2)cc1. The molecule has 2 unspecified atom stereocenters. The molecule has 2 atom stereocenters. The first kappa shape index (κ1) is 18.2. The van der Waals surface area contributed by atoms with Gasteiger partial charge in [-0.25, -0.2) is 13.8 Å². The van der Waals surface area contributed by atoms with Gasteiger partial charge < -0.3 is 4.57 Å². The molecule has 2 nitrogen and oxygen atoms in total. The Hall–Kier alpha value is -1.56. The predicted octanol–water partition coefficient (Wildman–Crippen LogP) is 6.47. The molecule has 3 rings (SSSR count). The molecule has 25 heavy (non-hydrogen) atoms. The summed E-state index contributed by atoms with van der Waals surface area (Å²) in [6.45, 7) is 0. The van der Waals surface area contributed by atoms with Crippen LogP contribution < -0.4 is 0 Å². The smallest absolute Gasteiger partial charge is 0.193 e. The lowest BCUT2D eigenvalue weighted by Gasteiger charge is -2.22. The highest BCUT2D eigenvalue weighted by atomic mass is 35.5. The second-order valence-corrected chi connectivity index (χ2v) is 7.37. The molecule has 0 saturated heterocycles. The fourth-order valence-electron chi connectivity index (χ4n) is 2.38. The first-order chi connectivity index (χ1) is 12.0. The molecule has 7 heteroatoms. The van der Waals surface area contributed by atoms with Gasteiger partial charge in [-0.3, -0.25) is 0 Å². The van der Waals surface area contributed by atoms with Gasteiger partial charge in [-0.2, -0.15) is 0 Å². The Morgan fingerprint density at radius 2 is 1.88 bits per heavy atom. The van der Waals surface area contributed by atoms with Gasteiger partial charge in [-0.05, 0) is 35.4 Å². The Bertz CT molecular complexity index is 826. The minimum Gasteiger partial charge on any atom is -0.305 e. The summed E-state index contributed by atoms with van der Waals surface area (Å²) in [6, 6.07) is 11.1. The van der Waals surface area contributed by atoms with Gasteiger partial charge in [0.05, 0.1) is 11.6 Å². The number of benzene rings is 2. The molecule has 1 heterocycles. The lowest BCUT2D eigenvalue weighted by molar-refractivity contribution is 0.235. The van der Waals surface area contributed by atoms with Crippen molar-refractivity contribution in [2.24, 2.45) is 0 Å². The summed E-state index contributed by atoms with van der Waals surface area (Å²) in [5.74, 6) is 0.138. The van der Waals surface area contributed by atoms with Crippen LogP contribution in [0.15, 0.2) is 61.2 Å². The van der Waals surface area contributed by atoms with E-state index in [1.54, 1.807) is 30.5 Å². The number of aromatic nitrogens is 2. The van der Waals surface area contributed by atoms with Crippen LogP contribution >= 0.6 is 35.0 Å². The molecule has 0 N–H and O–H groups in total. The Morgan fingerprint density at radius 3 is 2.52 bits per heavy atom. The lowest BCUT2D eigenvalue weighted by Crippen LogP contribution is -2.10. The maximum absolute atomic E-state index is 15.0. The maximum atomic E-state index is 15.0. The van der Waals surface area contributed by atoms with Crippen molar-refractivity contribution >= 4 is 35.0 Å². The maximum Gasteiger partial charge on any atom is 0.193 e. The Morgan fingerprint density at radius 1 is 1.12 bits per heavy atom. The third-order valence-electron chi connectivity index (χ3n) is 3.69. The van der Waals surface area contributed by atoms with Crippen LogP contribution in [0, 0.1) is 5.82 Å². The molecule has 0 aliphatic carbocycles. The van der Waals surface area contributed by atoms with Crippen LogP contribution in [-0.4, -0.2) is 9.55 Å². The van der Waals surface area contributed by atoms with Gasteiger partial charge in [0.15, 0.2) is 6.30 Å². The monoisotopic (exact) mass is 398 g/mol. The van der Waals surface area contributed by atoms with Gasteiger partial charge in [0, 0.05) is 28.2 Å². The van der Waals surface area contributed by atoms with Gasteiger partial charge in [0.25, 0.3) is 0 Å². The average Bonchev–Trinajstić information content (AvgIpc) is 3.12. The average molecular weight is 399 g/mol. The molecule has 1 aromatic heterocycles. The number of rotatable bonds is 6. The molecular weight excluding hydrogens is 385 g/mol. The highest BCUT2D eigenvalue weighted by Crippen LogP contribution is 2.42. The van der Waals surface area contributed by atoms with Crippen LogP contribution in [0.2, 0.25) is 10.0 Å². The van der Waals surface area contributed by atoms with Crippen LogP contribution in [0.4, 0.5) is 8.78 Å². The molecule has 0 bridgehead atoms. The summed E-state index contributed by atoms with van der Waals surface area (Å²) < 4.78 is 29.7. The summed E-state index contributed by atoms with van der Waals surface area (Å²) in [4.78, 5) is 3.89. The van der Waals surface area contributed by atoms with E-state index in [4.69, 9.17) is 23.2 Å². The van der Waals surface area contributed by atoms with Crippen molar-refractivity contribution in [2.45, 2.75) is 17.3 Å². The molecule has 3 aromatic rings. The summed E-state index contributed by atoms with van der Waals surface area (Å²) in [5, 5.41) is 0.549. The third kappa shape index (κ3) is 4.54. The Balaban J connectivity index is 1.84. The zero-order valence-electron chi connectivity index (χ0n) is 12.9. The number of thioether (sulfide) groups is 1. The molecule has 0 aliphatic heterocycles. The Kier molecular flexibility index (Phi) is 5.99. The molecule has 0 aliphatic rings. The molecule has 0 spiro atoms. The van der Waals surface area contributed by atoms with E-state index in [1.165, 1.54) is 41.0 Å². The van der Waals surface area contributed by atoms with E-state index in [2.05, 4.69) is 4.98 Å². The largest absolute Gasteiger partial charge is 0.305 e. The van der Waals surface area contributed by atoms with E-state index in [-0.39, 0.29) is 5.82 Å². The van der Waals surface area contributed by atoms with Gasteiger partial charge in [0.1, 0.15) is 5.82 Å². The second-order valence-electron chi connectivity index (χ2n) is 5.40. The second kappa shape index (κ2) is 8.21. The lowest BCUT2D eigenvalue weighted by atomic mass is 10.1. The molecule has 2 aromatic carbocycles. The van der Waals surface area contributed by atoms with Gasteiger partial charge >= 0.3 is 0 Å². The topological polar surface area (TPSA) is 17.8 Å². The quantitative estimate of drug-likeness (QED) is 0.473. The molecule has 0 amide bonds. The summed E-state index contributed by atoms with van der Waals surface area (Å²) in [6.07, 6.45) is 3.17. The Labute approximate surface area is 158 Å². The van der Waals surface area contributed by atoms with E-state index in [1.807, 2.05) is 6.07 Å². The first-order valence-electron chi connectivity index (χ1n) is 7.47. The van der Waals surface area contributed by atoms with E-state index in [0.717, 1.165) is 5.56 Å². The number of hydrogen-bond donors (Lipinski definition) is 0. The van der Waals surface area contributed by atoms with E-state index >= 15 is 4.39 Å². The van der Waals surface area contributed by atoms with Crippen LogP contribution in [0.5, 0.6) is 0 Å². The summed E-state index contributed by atoms with van der Waals surface area (Å²) >= 11 is 13.5. The van der Waals surface area contributed by atoms with Crippen molar-refractivity contribution in [1.29, 1.82) is 0 Å². The van der Waals surface area contributed by atoms with Crippen molar-refractivity contribution in [3.8, 4) is 0 Å². The normalized spacial score (nSPS) is 13.6. The van der Waals surface area contributed by atoms with Crippen LogP contribution in [0.3, 0.4) is 0 Å². The number of nitrogens with zero attached hydrogens (tertiary/aromatic N) is 2. The zero-order valence-corrected chi connectivity index (χ0v) is 15.3. The summed E-state index contributed by atoms with van der Waals surface area (Å²) in [7, 11) is 0. The van der Waals surface area contributed by atoms with Crippen LogP contribution in [0.1, 0.15) is 22.7 Å². The van der Waals surface area contributed by atoms with Crippen molar-refractivity contribution in [3.05, 3.63) is 88.2 Å². The van der Waals surface area contributed by atoms with Crippen molar-refractivity contribution in [1.82, 2.24) is 9.55 Å². The standard InChI is InChI=1S/C18H14Cl2F2N2S/c19-14-4-1-13(16(20)9-14)10-25-17(12-2-5-15(21)6-3-12)18(22)24-8-7-23-11-24/h1-9,11,17-18H,10H2. The van der Waals surface area contributed by atoms with Crippen molar-refractivity contribution in [3.63, 3.8) is 0 Å². The van der Waals surface area contributed by atoms with E-state index in [0.29, 0.717) is 21.4 Å². The third-order valence-corrected chi connectivity index (χ3v) is 5.61. The predicted molar refractivity (Wildman–Crippen MR) is 99.3 cm³/mol. The number of hydrogen-bond acceptors (Lipinski definition) is 2. The van der Waals surface area contributed by atoms with Gasteiger partial charge in [0.2, 0.25) is 0 Å². The van der Waals surface area contributed by atoms with Crippen molar-refractivity contribution < 1.29 is 8.78 Å². The minimum absolute atomic E-state index is 0.355. The van der Waals surface area contributed by atoms with E-state index < -0.39 is 11.5 Å². The number of halogens is 4. The minimum atomic E-state index is -1.34. The highest BCUT2D eigenvalue weighted by molar-refractivity contribution is 7.98. The van der Waals surface area contributed by atoms with Crippen molar-refractivity contribution in [2.75, 3.05) is 0 Å². The van der Waals surface area contributed by atoms with Gasteiger partial charge in [-0.1, -0.05) is 41.4 Å². The molecule has 0 saturated carbocycles. The van der Waals surface area contributed by atoms with Crippen LogP contribution in [-0.2, 0) is 5.75 Å². The molecule has 0 fully saturated rings. The first-order valence-corrected chi connectivity index (χ1v) is 9.27. The highest BCUT2D eigenvalue weighted by Gasteiger charge is 2.25. The molecular formula is C18H14Cl2F2N2S.